The van der Waals surface area contributed by atoms with E-state index in [4.69, 9.17) is 5.11 Å². The van der Waals surface area contributed by atoms with E-state index in [0.717, 1.165) is 0 Å². The molecule has 4 nitrogen and oxygen atoms in total. The predicted molar refractivity (Wildman–Crippen MR) is 45.5 cm³/mol. The number of nitrogens with zero attached hydrogens (tertiary/aromatic N) is 1. The Bertz CT molecular complexity index is 243. The lowest BCUT2D eigenvalue weighted by Gasteiger charge is -2.23. The zero-order chi connectivity index (χ0) is 9.14. The summed E-state index contributed by atoms with van der Waals surface area (Å²) < 4.78 is 0. The summed E-state index contributed by atoms with van der Waals surface area (Å²) in [7, 11) is 3.84. The molecule has 0 aromatic heterocycles. The first-order chi connectivity index (χ1) is 5.61. The molecule has 4 heteroatoms. The van der Waals surface area contributed by atoms with Gasteiger partial charge < -0.3 is 10.4 Å². The molecule has 0 bridgehead atoms. The van der Waals surface area contributed by atoms with Gasteiger partial charge in [-0.3, -0.25) is 4.90 Å². The largest absolute Gasteiger partial charge is 0.478 e. The Kier molecular flexibility index (Phi) is 2.50. The van der Waals surface area contributed by atoms with E-state index in [1.54, 1.807) is 6.08 Å². The highest BCUT2D eigenvalue weighted by atomic mass is 16.4. The van der Waals surface area contributed by atoms with Gasteiger partial charge >= 0.3 is 5.97 Å². The summed E-state index contributed by atoms with van der Waals surface area (Å²) >= 11 is 0. The molecule has 0 radical (unpaired) electrons. The Labute approximate surface area is 71.2 Å². The number of hydrogen-bond donors (Lipinski definition) is 2. The summed E-state index contributed by atoms with van der Waals surface area (Å²) in [4.78, 5) is 12.4. The average molecular weight is 168 g/mol. The lowest BCUT2D eigenvalue weighted by atomic mass is 10.2. The molecular weight excluding hydrogens is 156 g/mol. The molecule has 1 rings (SSSR count). The molecule has 0 saturated carbocycles. The monoisotopic (exact) mass is 168 g/mol. The van der Waals surface area contributed by atoms with Crippen molar-refractivity contribution in [2.45, 2.75) is 6.17 Å². The van der Waals surface area contributed by atoms with Crippen LogP contribution in [0.25, 0.3) is 0 Å². The molecule has 0 aliphatic carbocycles. The van der Waals surface area contributed by atoms with Crippen molar-refractivity contribution in [3.63, 3.8) is 0 Å². The molecule has 0 amide bonds. The standard InChI is InChI=1S/C8H12N2O2/c1-10(2)7-4-3-6(5-9-7)8(11)12/h3-5,7,9H,1-2H3,(H,11,12). The van der Waals surface area contributed by atoms with Crippen molar-refractivity contribution >= 4 is 5.97 Å². The molecule has 2 N–H and O–H groups in total. The highest BCUT2D eigenvalue weighted by Gasteiger charge is 2.12. The van der Waals surface area contributed by atoms with Crippen LogP contribution in [0.3, 0.4) is 0 Å². The minimum atomic E-state index is -0.907. The highest BCUT2D eigenvalue weighted by molar-refractivity contribution is 5.89. The number of dihydropyridines is 1. The number of aliphatic carboxylic acids is 1. The summed E-state index contributed by atoms with van der Waals surface area (Å²) in [5, 5.41) is 11.5. The fourth-order valence-electron chi connectivity index (χ4n) is 0.928. The molecule has 1 atom stereocenters. The van der Waals surface area contributed by atoms with Crippen molar-refractivity contribution in [1.29, 1.82) is 0 Å². The topological polar surface area (TPSA) is 52.6 Å². The quantitative estimate of drug-likeness (QED) is 0.609. The van der Waals surface area contributed by atoms with Gasteiger partial charge in [0.2, 0.25) is 0 Å². The summed E-state index contributed by atoms with van der Waals surface area (Å²) in [5.41, 5.74) is 0.285. The van der Waals surface area contributed by atoms with E-state index >= 15 is 0 Å². The van der Waals surface area contributed by atoms with Crippen LogP contribution < -0.4 is 5.32 Å². The van der Waals surface area contributed by atoms with Crippen molar-refractivity contribution in [2.24, 2.45) is 0 Å². The molecular formula is C8H12N2O2. The third-order valence-electron chi connectivity index (χ3n) is 1.67. The number of likely N-dealkylation sites (N-methyl/N-ethyl adjacent to an activating group) is 1. The van der Waals surface area contributed by atoms with Crippen molar-refractivity contribution in [3.05, 3.63) is 23.9 Å². The molecule has 66 valence electrons. The predicted octanol–water partition coefficient (Wildman–Crippen LogP) is 0.00200. The fourth-order valence-corrected chi connectivity index (χ4v) is 0.928. The molecule has 12 heavy (non-hydrogen) atoms. The van der Waals surface area contributed by atoms with Gasteiger partial charge in [-0.25, -0.2) is 4.79 Å². The van der Waals surface area contributed by atoms with Crippen LogP contribution in [-0.2, 0) is 4.79 Å². The second-order valence-electron chi connectivity index (χ2n) is 2.84. The first-order valence-corrected chi connectivity index (χ1v) is 3.65. The van der Waals surface area contributed by atoms with Gasteiger partial charge in [0.05, 0.1) is 11.7 Å². The van der Waals surface area contributed by atoms with Gasteiger partial charge in [0.25, 0.3) is 0 Å². The first kappa shape index (κ1) is 8.80. The maximum absolute atomic E-state index is 10.5. The van der Waals surface area contributed by atoms with Gasteiger partial charge in [-0.1, -0.05) is 0 Å². The summed E-state index contributed by atoms with van der Waals surface area (Å²) in [6.45, 7) is 0. The summed E-state index contributed by atoms with van der Waals surface area (Å²) in [5.74, 6) is -0.907. The van der Waals surface area contributed by atoms with Gasteiger partial charge in [0.15, 0.2) is 0 Å². The van der Waals surface area contributed by atoms with Crippen LogP contribution in [0.1, 0.15) is 0 Å². The van der Waals surface area contributed by atoms with Crippen LogP contribution in [0, 0.1) is 0 Å². The Hall–Kier alpha value is -1.29. The Morgan fingerprint density at radius 1 is 1.67 bits per heavy atom. The maximum atomic E-state index is 10.5. The summed E-state index contributed by atoms with van der Waals surface area (Å²) in [6.07, 6.45) is 5.01. The molecule has 1 aliphatic rings. The second-order valence-corrected chi connectivity index (χ2v) is 2.84. The molecule has 0 aromatic rings. The van der Waals surface area contributed by atoms with Crippen LogP contribution in [-0.4, -0.2) is 36.2 Å². The third-order valence-corrected chi connectivity index (χ3v) is 1.67. The number of rotatable bonds is 2. The van der Waals surface area contributed by atoms with E-state index in [1.807, 2.05) is 25.1 Å². The van der Waals surface area contributed by atoms with Crippen LogP contribution in [0.4, 0.5) is 0 Å². The molecule has 1 aliphatic heterocycles. The Morgan fingerprint density at radius 3 is 2.67 bits per heavy atom. The lowest BCUT2D eigenvalue weighted by Crippen LogP contribution is -2.38. The van der Waals surface area contributed by atoms with E-state index < -0.39 is 5.97 Å². The average Bonchev–Trinajstić information content (AvgIpc) is 2.04. The molecule has 1 heterocycles. The molecule has 0 aromatic carbocycles. The molecule has 0 fully saturated rings. The normalized spacial score (nSPS) is 21.9. The van der Waals surface area contributed by atoms with Gasteiger partial charge in [-0.05, 0) is 26.2 Å². The smallest absolute Gasteiger partial charge is 0.337 e. The summed E-state index contributed by atoms with van der Waals surface area (Å²) in [6, 6.07) is 0. The van der Waals surface area contributed by atoms with Gasteiger partial charge in [-0.2, -0.15) is 0 Å². The minimum absolute atomic E-state index is 0.0908. The first-order valence-electron chi connectivity index (χ1n) is 3.65. The lowest BCUT2D eigenvalue weighted by molar-refractivity contribution is -0.132. The van der Waals surface area contributed by atoms with Crippen LogP contribution in [0.15, 0.2) is 23.9 Å². The zero-order valence-electron chi connectivity index (χ0n) is 7.11. The van der Waals surface area contributed by atoms with Gasteiger partial charge in [0.1, 0.15) is 0 Å². The Morgan fingerprint density at radius 2 is 2.33 bits per heavy atom. The van der Waals surface area contributed by atoms with Gasteiger partial charge in [0, 0.05) is 6.20 Å². The van der Waals surface area contributed by atoms with E-state index in [0.29, 0.717) is 0 Å². The maximum Gasteiger partial charge on any atom is 0.337 e. The zero-order valence-corrected chi connectivity index (χ0v) is 7.11. The third kappa shape index (κ3) is 1.85. The second kappa shape index (κ2) is 3.40. The number of hydrogen-bond acceptors (Lipinski definition) is 3. The van der Waals surface area contributed by atoms with Crippen LogP contribution in [0.2, 0.25) is 0 Å². The van der Waals surface area contributed by atoms with Crippen molar-refractivity contribution in [1.82, 2.24) is 10.2 Å². The van der Waals surface area contributed by atoms with Crippen LogP contribution in [0.5, 0.6) is 0 Å². The molecule has 0 saturated heterocycles. The number of carbonyl (C=O) groups is 1. The van der Waals surface area contributed by atoms with E-state index in [1.165, 1.54) is 6.20 Å². The minimum Gasteiger partial charge on any atom is -0.478 e. The highest BCUT2D eigenvalue weighted by Crippen LogP contribution is 2.04. The number of carboxylic acid groups (broad SMARTS) is 1. The Balaban J connectivity index is 2.61. The van der Waals surface area contributed by atoms with Crippen LogP contribution >= 0.6 is 0 Å². The molecule has 0 spiro atoms. The van der Waals surface area contributed by atoms with E-state index in [-0.39, 0.29) is 11.7 Å². The van der Waals surface area contributed by atoms with Gasteiger partial charge in [-0.15, -0.1) is 0 Å². The number of carboxylic acids is 1. The van der Waals surface area contributed by atoms with E-state index in [9.17, 15) is 4.79 Å². The van der Waals surface area contributed by atoms with Crippen molar-refractivity contribution < 1.29 is 9.90 Å². The van der Waals surface area contributed by atoms with Crippen molar-refractivity contribution in [2.75, 3.05) is 14.1 Å². The SMILES string of the molecule is CN(C)C1C=CC(C(=O)O)=CN1. The fraction of sp³-hybridized carbons (Fsp3) is 0.375. The molecule has 1 unspecified atom stereocenters. The van der Waals surface area contributed by atoms with Crippen molar-refractivity contribution in [3.8, 4) is 0 Å². The number of nitrogens with one attached hydrogen (secondary N) is 1. The van der Waals surface area contributed by atoms with E-state index in [2.05, 4.69) is 5.32 Å².